The van der Waals surface area contributed by atoms with Gasteiger partial charge in [-0.3, -0.25) is 4.57 Å². The van der Waals surface area contributed by atoms with E-state index in [1.165, 1.54) is 27.3 Å². The van der Waals surface area contributed by atoms with E-state index >= 15 is 0 Å². The Kier molecular flexibility index (Phi) is 4.82. The molecule has 0 spiro atoms. The van der Waals surface area contributed by atoms with Gasteiger partial charge in [-0.15, -0.1) is 0 Å². The zero-order valence-electron chi connectivity index (χ0n) is 21.1. The first-order valence-corrected chi connectivity index (χ1v) is 13.2. The molecular weight excluding hydrogens is 474 g/mol. The Morgan fingerprint density at radius 3 is 1.67 bits per heavy atom. The summed E-state index contributed by atoms with van der Waals surface area (Å²) in [5.74, 6) is 0.679. The summed E-state index contributed by atoms with van der Waals surface area (Å²) in [5.41, 5.74) is 7.55. The minimum Gasteiger partial charge on any atom is -0.278 e. The van der Waals surface area contributed by atoms with Crippen LogP contribution in [0.3, 0.4) is 0 Å². The van der Waals surface area contributed by atoms with Gasteiger partial charge in [0, 0.05) is 27.1 Å². The predicted molar refractivity (Wildman–Crippen MR) is 162 cm³/mol. The van der Waals surface area contributed by atoms with Gasteiger partial charge in [0.1, 0.15) is 0 Å². The Labute approximate surface area is 225 Å². The van der Waals surface area contributed by atoms with Crippen LogP contribution in [0.15, 0.2) is 140 Å². The molecule has 0 amide bonds. The molecule has 8 rings (SSSR count). The molecule has 8 aromatic rings. The van der Waals surface area contributed by atoms with Gasteiger partial charge in [-0.05, 0) is 34.7 Å². The highest BCUT2D eigenvalue weighted by Crippen LogP contribution is 2.36. The van der Waals surface area contributed by atoms with Crippen LogP contribution in [0.5, 0.6) is 0 Å². The fourth-order valence-corrected chi connectivity index (χ4v) is 5.76. The number of aromatic nitrogens is 3. The van der Waals surface area contributed by atoms with Crippen LogP contribution in [-0.4, -0.2) is 14.5 Å². The molecule has 182 valence electrons. The van der Waals surface area contributed by atoms with Gasteiger partial charge in [0.25, 0.3) is 0 Å². The maximum atomic E-state index is 5.27. The number of benzene rings is 6. The van der Waals surface area contributed by atoms with Gasteiger partial charge in [0.2, 0.25) is 5.95 Å². The maximum absolute atomic E-state index is 5.27. The second-order valence-corrected chi connectivity index (χ2v) is 9.87. The molecule has 2 aromatic heterocycles. The summed E-state index contributed by atoms with van der Waals surface area (Å²) in [6.07, 6.45) is 0. The third-order valence-corrected chi connectivity index (χ3v) is 7.62. The third-order valence-electron chi connectivity index (χ3n) is 7.62. The molecule has 0 atom stereocenters. The van der Waals surface area contributed by atoms with Crippen molar-refractivity contribution < 1.29 is 0 Å². The molecule has 0 saturated heterocycles. The molecule has 6 aromatic carbocycles. The quantitative estimate of drug-likeness (QED) is 0.228. The topological polar surface area (TPSA) is 30.7 Å². The fraction of sp³-hybridized carbons (Fsp3) is 0. The summed E-state index contributed by atoms with van der Waals surface area (Å²) in [6.45, 7) is 0. The highest BCUT2D eigenvalue weighted by atomic mass is 15.2. The van der Waals surface area contributed by atoms with Crippen LogP contribution in [0, 0.1) is 0 Å². The fourth-order valence-electron chi connectivity index (χ4n) is 5.76. The van der Waals surface area contributed by atoms with E-state index in [0.29, 0.717) is 5.95 Å². The highest BCUT2D eigenvalue weighted by molar-refractivity contribution is 6.11. The molecule has 0 aliphatic heterocycles. The van der Waals surface area contributed by atoms with Crippen molar-refractivity contribution in [2.24, 2.45) is 0 Å². The maximum Gasteiger partial charge on any atom is 0.235 e. The molecule has 0 aliphatic rings. The third kappa shape index (κ3) is 3.44. The molecular formula is C36H23N3. The van der Waals surface area contributed by atoms with E-state index in [4.69, 9.17) is 9.97 Å². The van der Waals surface area contributed by atoms with Crippen LogP contribution >= 0.6 is 0 Å². The van der Waals surface area contributed by atoms with Gasteiger partial charge in [0.15, 0.2) is 0 Å². The lowest BCUT2D eigenvalue weighted by atomic mass is 9.99. The summed E-state index contributed by atoms with van der Waals surface area (Å²) in [5, 5.41) is 5.74. The zero-order chi connectivity index (χ0) is 25.8. The van der Waals surface area contributed by atoms with Gasteiger partial charge in [-0.25, -0.2) is 9.97 Å². The van der Waals surface area contributed by atoms with E-state index in [1.54, 1.807) is 0 Å². The molecule has 0 saturated carbocycles. The molecule has 0 aliphatic carbocycles. The van der Waals surface area contributed by atoms with Crippen molar-refractivity contribution in [3.63, 3.8) is 0 Å². The number of para-hydroxylation sites is 2. The number of fused-ring (bicyclic) bond motifs is 6. The first-order valence-electron chi connectivity index (χ1n) is 13.2. The van der Waals surface area contributed by atoms with Crippen molar-refractivity contribution in [1.29, 1.82) is 0 Å². The van der Waals surface area contributed by atoms with Crippen molar-refractivity contribution in [3.8, 4) is 28.3 Å². The van der Waals surface area contributed by atoms with Crippen LogP contribution in [0.25, 0.3) is 71.8 Å². The molecule has 0 radical (unpaired) electrons. The van der Waals surface area contributed by atoms with Crippen molar-refractivity contribution >= 4 is 43.5 Å². The lowest BCUT2D eigenvalue weighted by Crippen LogP contribution is -2.03. The Bertz CT molecular complexity index is 2100. The summed E-state index contributed by atoms with van der Waals surface area (Å²) < 4.78 is 2.20. The average Bonchev–Trinajstić information content (AvgIpc) is 3.35. The first kappa shape index (κ1) is 21.8. The zero-order valence-corrected chi connectivity index (χ0v) is 21.1. The van der Waals surface area contributed by atoms with Crippen molar-refractivity contribution in [2.45, 2.75) is 0 Å². The highest BCUT2D eigenvalue weighted by Gasteiger charge is 2.18. The summed E-state index contributed by atoms with van der Waals surface area (Å²) in [6, 6.07) is 49.0. The molecule has 0 unspecified atom stereocenters. The Balaban J connectivity index is 1.44. The lowest BCUT2D eigenvalue weighted by Gasteiger charge is -2.13. The van der Waals surface area contributed by atoms with Crippen LogP contribution < -0.4 is 0 Å². The van der Waals surface area contributed by atoms with E-state index in [1.807, 2.05) is 6.07 Å². The summed E-state index contributed by atoms with van der Waals surface area (Å²) in [4.78, 5) is 10.5. The van der Waals surface area contributed by atoms with Crippen LogP contribution in [0.4, 0.5) is 0 Å². The first-order chi connectivity index (χ1) is 19.3. The number of hydrogen-bond acceptors (Lipinski definition) is 2. The minimum absolute atomic E-state index is 0.679. The second kappa shape index (κ2) is 8.64. The monoisotopic (exact) mass is 497 g/mol. The van der Waals surface area contributed by atoms with Crippen molar-refractivity contribution in [2.75, 3.05) is 0 Å². The normalized spacial score (nSPS) is 11.6. The van der Waals surface area contributed by atoms with Gasteiger partial charge < -0.3 is 0 Å². The van der Waals surface area contributed by atoms with Crippen molar-refractivity contribution in [1.82, 2.24) is 14.5 Å². The van der Waals surface area contributed by atoms with Crippen molar-refractivity contribution in [3.05, 3.63) is 140 Å². The van der Waals surface area contributed by atoms with E-state index in [2.05, 4.69) is 138 Å². The van der Waals surface area contributed by atoms with Gasteiger partial charge in [0.05, 0.1) is 22.2 Å². The standard InChI is InChI=1S/C36H23N3/c1-2-10-24(11-3-1)25-18-20-27(21-19-25)34-31-23-22-26-12-4-5-13-28(26)35(31)38-36(37-34)39-32-16-8-6-14-29(32)30-15-7-9-17-33(30)39/h1-23H. The van der Waals surface area contributed by atoms with Crippen LogP contribution in [0.2, 0.25) is 0 Å². The number of rotatable bonds is 3. The predicted octanol–water partition coefficient (Wildman–Crippen LogP) is 9.21. The van der Waals surface area contributed by atoms with Crippen LogP contribution in [0.1, 0.15) is 0 Å². The molecule has 0 fully saturated rings. The lowest BCUT2D eigenvalue weighted by molar-refractivity contribution is 1.02. The van der Waals surface area contributed by atoms with Gasteiger partial charge in [-0.1, -0.05) is 121 Å². The van der Waals surface area contributed by atoms with Gasteiger partial charge in [-0.2, -0.15) is 0 Å². The van der Waals surface area contributed by atoms with Gasteiger partial charge >= 0.3 is 0 Å². The Hall–Kier alpha value is -5.28. The number of nitrogens with zero attached hydrogens (tertiary/aromatic N) is 3. The van der Waals surface area contributed by atoms with E-state index in [0.717, 1.165) is 38.6 Å². The Morgan fingerprint density at radius 2 is 0.949 bits per heavy atom. The smallest absolute Gasteiger partial charge is 0.235 e. The second-order valence-electron chi connectivity index (χ2n) is 9.87. The van der Waals surface area contributed by atoms with Crippen LogP contribution in [-0.2, 0) is 0 Å². The summed E-state index contributed by atoms with van der Waals surface area (Å²) >= 11 is 0. The molecule has 3 nitrogen and oxygen atoms in total. The van der Waals surface area contributed by atoms with E-state index < -0.39 is 0 Å². The molecule has 0 bridgehead atoms. The Morgan fingerprint density at radius 1 is 0.385 bits per heavy atom. The summed E-state index contributed by atoms with van der Waals surface area (Å²) in [7, 11) is 0. The SMILES string of the molecule is c1ccc(-c2ccc(-c3nc(-n4c5ccccc5c5ccccc54)nc4c3ccc3ccccc34)cc2)cc1. The largest absolute Gasteiger partial charge is 0.278 e. The molecule has 2 heterocycles. The molecule has 3 heteroatoms. The van der Waals surface area contributed by atoms with E-state index in [-0.39, 0.29) is 0 Å². The number of hydrogen-bond donors (Lipinski definition) is 0. The molecule has 0 N–H and O–H groups in total. The minimum atomic E-state index is 0.679. The van der Waals surface area contributed by atoms with E-state index in [9.17, 15) is 0 Å². The molecule has 39 heavy (non-hydrogen) atoms. The average molecular weight is 498 g/mol.